The lowest BCUT2D eigenvalue weighted by atomic mass is 9.86. The Morgan fingerprint density at radius 3 is 1.88 bits per heavy atom. The van der Waals surface area contributed by atoms with Crippen LogP contribution in [0.25, 0.3) is 61.0 Å². The monoisotopic (exact) mass is 831 g/mol. The summed E-state index contributed by atoms with van der Waals surface area (Å²) in [5, 5.41) is 2.13. The minimum atomic E-state index is -0.207. The fraction of sp³-hybridized carbons (Fsp3) is 0.102. The largest absolute Gasteiger partial charge is 0.457 e. The van der Waals surface area contributed by atoms with Gasteiger partial charge in [-0.25, -0.2) is 4.98 Å². The number of aromatic nitrogens is 2. The minimum Gasteiger partial charge on any atom is -0.457 e. The maximum absolute atomic E-state index is 9.36. The van der Waals surface area contributed by atoms with Crippen LogP contribution in [-0.4, -0.2) is 16.2 Å². The molecule has 3 heterocycles. The van der Waals surface area contributed by atoms with Gasteiger partial charge in [0.2, 0.25) is 0 Å². The van der Waals surface area contributed by atoms with Crippen LogP contribution in [0.1, 0.15) is 36.0 Å². The highest BCUT2D eigenvalue weighted by molar-refractivity contribution is 6.09. The molecular formula is C59H48N4O. The molecule has 0 amide bonds. The fourth-order valence-corrected chi connectivity index (χ4v) is 9.20. The lowest BCUT2D eigenvalue weighted by molar-refractivity contribution is 0.483. The molecule has 11 rings (SSSR count). The SMILES string of the molecule is [2H]c1c(Oc2ccc3c4ccccc4n(-c4cc(C)c(-c5ccccc5)cn4)c3c2)cc(N2CN(c3c(-c4ccccc4)cccc3-c3ccc(C(C)(C)C)cc3)c3ccccc32)c([2H])c1[2H]. The Morgan fingerprint density at radius 1 is 0.547 bits per heavy atom. The molecule has 0 fully saturated rings. The van der Waals surface area contributed by atoms with Gasteiger partial charge in [-0.3, -0.25) is 4.57 Å². The highest BCUT2D eigenvalue weighted by atomic mass is 16.5. The lowest BCUT2D eigenvalue weighted by Crippen LogP contribution is -2.25. The zero-order chi connectivity index (χ0) is 46.0. The fourth-order valence-electron chi connectivity index (χ4n) is 9.20. The smallest absolute Gasteiger partial charge is 0.137 e. The summed E-state index contributed by atoms with van der Waals surface area (Å²) in [6.45, 7) is 9.17. The van der Waals surface area contributed by atoms with Crippen molar-refractivity contribution in [1.82, 2.24) is 9.55 Å². The molecule has 2 aromatic heterocycles. The Bertz CT molecular complexity index is 3510. The van der Waals surface area contributed by atoms with E-state index in [2.05, 4.69) is 151 Å². The third kappa shape index (κ3) is 6.96. The molecule has 0 saturated carbocycles. The van der Waals surface area contributed by atoms with Crippen LogP contribution < -0.4 is 14.5 Å². The maximum atomic E-state index is 9.36. The third-order valence-corrected chi connectivity index (χ3v) is 12.4. The topological polar surface area (TPSA) is 33.5 Å². The molecule has 0 radical (unpaired) electrons. The van der Waals surface area contributed by atoms with Crippen molar-refractivity contribution in [3.8, 4) is 50.7 Å². The van der Waals surface area contributed by atoms with Crippen molar-refractivity contribution in [2.24, 2.45) is 0 Å². The van der Waals surface area contributed by atoms with Crippen molar-refractivity contribution in [3.63, 3.8) is 0 Å². The summed E-state index contributed by atoms with van der Waals surface area (Å²) in [5.41, 5.74) is 14.2. The van der Waals surface area contributed by atoms with Crippen LogP contribution in [-0.2, 0) is 5.41 Å². The number of pyridine rings is 1. The first-order valence-electron chi connectivity index (χ1n) is 23.3. The molecular weight excluding hydrogens is 781 g/mol. The Balaban J connectivity index is 1.00. The van der Waals surface area contributed by atoms with E-state index in [4.69, 9.17) is 12.5 Å². The van der Waals surface area contributed by atoms with Crippen molar-refractivity contribution < 1.29 is 8.85 Å². The number of anilines is 4. The van der Waals surface area contributed by atoms with Gasteiger partial charge in [0.1, 0.15) is 24.0 Å². The van der Waals surface area contributed by atoms with E-state index >= 15 is 0 Å². The Kier molecular flexibility index (Phi) is 8.80. The molecule has 0 atom stereocenters. The molecule has 1 aliphatic heterocycles. The van der Waals surface area contributed by atoms with Crippen LogP contribution >= 0.6 is 0 Å². The Hall–Kier alpha value is -7.89. The third-order valence-electron chi connectivity index (χ3n) is 12.4. The van der Waals surface area contributed by atoms with E-state index in [1.54, 1.807) is 6.07 Å². The second kappa shape index (κ2) is 15.8. The van der Waals surface area contributed by atoms with E-state index in [0.717, 1.165) is 83.6 Å². The van der Waals surface area contributed by atoms with Gasteiger partial charge >= 0.3 is 0 Å². The average Bonchev–Trinajstić information content (AvgIpc) is 3.90. The summed E-state index contributed by atoms with van der Waals surface area (Å²) in [6, 6.07) is 62.1. The normalized spacial score (nSPS) is 13.2. The average molecular weight is 832 g/mol. The molecule has 0 saturated heterocycles. The standard InChI is InChI=1S/C59H48N4O/c1-40-35-57(60-38-52(40)42-19-9-6-10-20-42)63-53-26-12-11-23-50(53)51-34-33-47(37-56(51)63)64-46-22-15-21-45(36-46)61-39-62(55-28-14-13-27-54(55)61)58-48(41-17-7-5-8-18-41)24-16-25-49(58)43-29-31-44(32-30-43)59(2,3)4/h5-38H,39H2,1-4H3/i15D,21D,22D. The highest BCUT2D eigenvalue weighted by Crippen LogP contribution is 2.50. The first kappa shape index (κ1) is 35.7. The number of benzene rings is 8. The van der Waals surface area contributed by atoms with Gasteiger partial charge < -0.3 is 14.5 Å². The summed E-state index contributed by atoms with van der Waals surface area (Å²) in [6.07, 6.45) is 1.94. The number of nitrogens with zero attached hydrogens (tertiary/aromatic N) is 4. The minimum absolute atomic E-state index is 0.0167. The van der Waals surface area contributed by atoms with Gasteiger partial charge in [-0.15, -0.1) is 0 Å². The van der Waals surface area contributed by atoms with E-state index < -0.39 is 0 Å². The van der Waals surface area contributed by atoms with Crippen LogP contribution in [0.15, 0.2) is 206 Å². The van der Waals surface area contributed by atoms with Gasteiger partial charge in [0.15, 0.2) is 0 Å². The summed E-state index contributed by atoms with van der Waals surface area (Å²) in [5.74, 6) is 1.49. The van der Waals surface area contributed by atoms with Crippen LogP contribution in [0.5, 0.6) is 11.5 Å². The second-order valence-electron chi connectivity index (χ2n) is 17.5. The van der Waals surface area contributed by atoms with Crippen molar-refractivity contribution in [2.45, 2.75) is 33.1 Å². The van der Waals surface area contributed by atoms with Gasteiger partial charge in [0.25, 0.3) is 0 Å². The van der Waals surface area contributed by atoms with Crippen LogP contribution in [0.2, 0.25) is 0 Å². The Morgan fingerprint density at radius 2 is 1.17 bits per heavy atom. The molecule has 310 valence electrons. The predicted octanol–water partition coefficient (Wildman–Crippen LogP) is 15.8. The number of rotatable bonds is 8. The lowest BCUT2D eigenvalue weighted by Gasteiger charge is -2.27. The van der Waals surface area contributed by atoms with Gasteiger partial charge in [0.05, 0.1) is 32.2 Å². The molecule has 5 heteroatoms. The molecule has 10 aromatic rings. The van der Waals surface area contributed by atoms with Crippen molar-refractivity contribution >= 4 is 44.6 Å². The molecule has 64 heavy (non-hydrogen) atoms. The van der Waals surface area contributed by atoms with Crippen molar-refractivity contribution in [3.05, 3.63) is 217 Å². The first-order chi connectivity index (χ1) is 32.5. The van der Waals surface area contributed by atoms with E-state index in [-0.39, 0.29) is 29.3 Å². The van der Waals surface area contributed by atoms with Gasteiger partial charge in [-0.1, -0.05) is 160 Å². The van der Waals surface area contributed by atoms with Gasteiger partial charge in [0, 0.05) is 51.5 Å². The molecule has 0 N–H and O–H groups in total. The number of fused-ring (bicyclic) bond motifs is 4. The first-order valence-corrected chi connectivity index (χ1v) is 21.8. The quantitative estimate of drug-likeness (QED) is 0.153. The van der Waals surface area contributed by atoms with Crippen molar-refractivity contribution in [2.75, 3.05) is 16.5 Å². The van der Waals surface area contributed by atoms with E-state index in [9.17, 15) is 1.37 Å². The molecule has 5 nitrogen and oxygen atoms in total. The molecule has 0 spiro atoms. The van der Waals surface area contributed by atoms with Crippen molar-refractivity contribution in [1.29, 1.82) is 0 Å². The van der Waals surface area contributed by atoms with Crippen LogP contribution in [0, 0.1) is 6.92 Å². The van der Waals surface area contributed by atoms with Crippen LogP contribution in [0.3, 0.4) is 0 Å². The number of ether oxygens (including phenoxy) is 1. The molecule has 0 bridgehead atoms. The molecule has 0 unspecified atom stereocenters. The van der Waals surface area contributed by atoms with E-state index in [0.29, 0.717) is 18.1 Å². The zero-order valence-corrected chi connectivity index (χ0v) is 36.3. The molecule has 0 aliphatic carbocycles. The second-order valence-corrected chi connectivity index (χ2v) is 17.5. The molecule has 8 aromatic carbocycles. The summed E-state index contributed by atoms with van der Waals surface area (Å²) < 4.78 is 36.5. The number of para-hydroxylation sites is 4. The maximum Gasteiger partial charge on any atom is 0.137 e. The predicted molar refractivity (Wildman–Crippen MR) is 267 cm³/mol. The summed E-state index contributed by atoms with van der Waals surface area (Å²) >= 11 is 0. The van der Waals surface area contributed by atoms with E-state index in [1.807, 2.05) is 72.9 Å². The van der Waals surface area contributed by atoms with Crippen LogP contribution in [0.4, 0.5) is 22.7 Å². The van der Waals surface area contributed by atoms with Gasteiger partial charge in [-0.05, 0) is 88.6 Å². The summed E-state index contributed by atoms with van der Waals surface area (Å²) in [4.78, 5) is 9.40. The van der Waals surface area contributed by atoms with E-state index in [1.165, 1.54) is 5.56 Å². The number of aryl methyl sites for hydroxylation is 1. The number of hydrogen-bond donors (Lipinski definition) is 0. The number of hydrogen-bond acceptors (Lipinski definition) is 4. The highest BCUT2D eigenvalue weighted by Gasteiger charge is 2.31. The zero-order valence-electron chi connectivity index (χ0n) is 39.3. The summed E-state index contributed by atoms with van der Waals surface area (Å²) in [7, 11) is 0. The van der Waals surface area contributed by atoms with Gasteiger partial charge in [-0.2, -0.15) is 0 Å². The molecule has 1 aliphatic rings. The Labute approximate surface area is 379 Å².